The summed E-state index contributed by atoms with van der Waals surface area (Å²) in [6, 6.07) is 0. The van der Waals surface area contributed by atoms with Crippen molar-refractivity contribution in [3.05, 3.63) is 0 Å². The summed E-state index contributed by atoms with van der Waals surface area (Å²) in [6.07, 6.45) is 1.13. The topological polar surface area (TPSA) is 26.3 Å². The highest BCUT2D eigenvalue weighted by atomic mass is 16.5. The van der Waals surface area contributed by atoms with Crippen LogP contribution in [0.4, 0.5) is 0 Å². The SMILES string of the molecule is CC(C)OCC(C)(C)C=O. The maximum Gasteiger partial charge on any atom is 0.127 e. The van der Waals surface area contributed by atoms with E-state index in [-0.39, 0.29) is 11.5 Å². The van der Waals surface area contributed by atoms with Gasteiger partial charge < -0.3 is 9.53 Å². The van der Waals surface area contributed by atoms with Gasteiger partial charge in [-0.05, 0) is 13.8 Å². The summed E-state index contributed by atoms with van der Waals surface area (Å²) in [6.45, 7) is 8.15. The Morgan fingerprint density at radius 1 is 1.50 bits per heavy atom. The van der Waals surface area contributed by atoms with E-state index < -0.39 is 0 Å². The van der Waals surface area contributed by atoms with Gasteiger partial charge in [0, 0.05) is 5.41 Å². The molecule has 10 heavy (non-hydrogen) atoms. The van der Waals surface area contributed by atoms with Gasteiger partial charge in [-0.15, -0.1) is 0 Å². The van der Waals surface area contributed by atoms with Crippen LogP contribution in [0.2, 0.25) is 0 Å². The molecule has 0 saturated carbocycles. The first-order valence-electron chi connectivity index (χ1n) is 3.56. The molecule has 0 spiro atoms. The zero-order valence-corrected chi connectivity index (χ0v) is 7.18. The number of hydrogen-bond acceptors (Lipinski definition) is 2. The molecule has 0 heterocycles. The number of aldehydes is 1. The lowest BCUT2D eigenvalue weighted by Gasteiger charge is -2.18. The van der Waals surface area contributed by atoms with Crippen molar-refractivity contribution >= 4 is 6.29 Å². The minimum Gasteiger partial charge on any atom is -0.378 e. The van der Waals surface area contributed by atoms with Crippen molar-refractivity contribution in [2.24, 2.45) is 5.41 Å². The van der Waals surface area contributed by atoms with Gasteiger partial charge >= 0.3 is 0 Å². The smallest absolute Gasteiger partial charge is 0.127 e. The second-order valence-corrected chi connectivity index (χ2v) is 3.47. The molecule has 60 valence electrons. The van der Waals surface area contributed by atoms with Crippen LogP contribution in [0, 0.1) is 5.41 Å². The largest absolute Gasteiger partial charge is 0.378 e. The highest BCUT2D eigenvalue weighted by Gasteiger charge is 2.16. The quantitative estimate of drug-likeness (QED) is 0.561. The number of carbonyl (C=O) groups is 1. The molecule has 0 rings (SSSR count). The lowest BCUT2D eigenvalue weighted by atomic mass is 9.98. The summed E-state index contributed by atoms with van der Waals surface area (Å²) in [5.74, 6) is 0. The van der Waals surface area contributed by atoms with Crippen molar-refractivity contribution in [2.75, 3.05) is 6.61 Å². The Balaban J connectivity index is 3.56. The van der Waals surface area contributed by atoms with E-state index in [9.17, 15) is 4.79 Å². The van der Waals surface area contributed by atoms with Crippen molar-refractivity contribution in [2.45, 2.75) is 33.8 Å². The van der Waals surface area contributed by atoms with Gasteiger partial charge in [0.2, 0.25) is 0 Å². The predicted octanol–water partition coefficient (Wildman–Crippen LogP) is 1.64. The monoisotopic (exact) mass is 144 g/mol. The van der Waals surface area contributed by atoms with Crippen molar-refractivity contribution in [1.29, 1.82) is 0 Å². The lowest BCUT2D eigenvalue weighted by molar-refractivity contribution is -0.118. The predicted molar refractivity (Wildman–Crippen MR) is 40.9 cm³/mol. The van der Waals surface area contributed by atoms with Gasteiger partial charge in [-0.2, -0.15) is 0 Å². The molecule has 0 unspecified atom stereocenters. The Morgan fingerprint density at radius 3 is 2.30 bits per heavy atom. The normalized spacial score (nSPS) is 12.1. The number of carbonyl (C=O) groups excluding carboxylic acids is 1. The fourth-order valence-electron chi connectivity index (χ4n) is 0.415. The molecule has 0 saturated heterocycles. The van der Waals surface area contributed by atoms with Crippen LogP contribution in [-0.4, -0.2) is 19.0 Å². The van der Waals surface area contributed by atoms with Crippen LogP contribution in [0.3, 0.4) is 0 Å². The van der Waals surface area contributed by atoms with Gasteiger partial charge in [-0.1, -0.05) is 13.8 Å². The first-order chi connectivity index (χ1) is 4.48. The van der Waals surface area contributed by atoms with E-state index in [1.165, 1.54) is 0 Å². The highest BCUT2D eigenvalue weighted by molar-refractivity contribution is 5.57. The minimum atomic E-state index is -0.329. The van der Waals surface area contributed by atoms with E-state index in [1.807, 2.05) is 27.7 Å². The molecule has 0 atom stereocenters. The van der Waals surface area contributed by atoms with E-state index in [1.54, 1.807) is 0 Å². The molecule has 0 amide bonds. The van der Waals surface area contributed by atoms with Crippen LogP contribution in [0.25, 0.3) is 0 Å². The van der Waals surface area contributed by atoms with E-state index in [0.29, 0.717) is 6.61 Å². The third kappa shape index (κ3) is 4.50. The van der Waals surface area contributed by atoms with Gasteiger partial charge in [0.1, 0.15) is 6.29 Å². The molecule has 0 aliphatic rings. The molecule has 0 aliphatic carbocycles. The summed E-state index contributed by atoms with van der Waals surface area (Å²) in [5, 5.41) is 0. The number of hydrogen-bond donors (Lipinski definition) is 0. The first kappa shape index (κ1) is 9.63. The molecule has 2 nitrogen and oxygen atoms in total. The van der Waals surface area contributed by atoms with Gasteiger partial charge in [0.05, 0.1) is 12.7 Å². The minimum absolute atomic E-state index is 0.208. The first-order valence-corrected chi connectivity index (χ1v) is 3.56. The maximum atomic E-state index is 10.4. The van der Waals surface area contributed by atoms with E-state index in [2.05, 4.69) is 0 Å². The van der Waals surface area contributed by atoms with E-state index in [0.717, 1.165) is 6.29 Å². The fraction of sp³-hybridized carbons (Fsp3) is 0.875. The summed E-state index contributed by atoms with van der Waals surface area (Å²) < 4.78 is 5.27. The van der Waals surface area contributed by atoms with E-state index in [4.69, 9.17) is 4.74 Å². The summed E-state index contributed by atoms with van der Waals surface area (Å²) >= 11 is 0. The average molecular weight is 144 g/mol. The van der Waals surface area contributed by atoms with Gasteiger partial charge in [-0.25, -0.2) is 0 Å². The molecule has 0 aromatic heterocycles. The Morgan fingerprint density at radius 2 is 2.00 bits per heavy atom. The summed E-state index contributed by atoms with van der Waals surface area (Å²) in [5.41, 5.74) is -0.329. The molecule has 0 fully saturated rings. The van der Waals surface area contributed by atoms with Crippen LogP contribution in [0.5, 0.6) is 0 Å². The Kier molecular flexibility index (Phi) is 3.58. The Labute approximate surface area is 62.6 Å². The van der Waals surface area contributed by atoms with Crippen molar-refractivity contribution < 1.29 is 9.53 Å². The molecule has 0 aliphatic heterocycles. The standard InChI is InChI=1S/C8H16O2/c1-7(2)10-6-8(3,4)5-9/h5,7H,6H2,1-4H3. The average Bonchev–Trinajstić information content (AvgIpc) is 1.85. The van der Waals surface area contributed by atoms with Gasteiger partial charge in [0.15, 0.2) is 0 Å². The molecular formula is C8H16O2. The lowest BCUT2D eigenvalue weighted by Crippen LogP contribution is -2.22. The summed E-state index contributed by atoms with van der Waals surface area (Å²) in [7, 11) is 0. The van der Waals surface area contributed by atoms with Crippen molar-refractivity contribution in [3.63, 3.8) is 0 Å². The number of rotatable bonds is 4. The summed E-state index contributed by atoms with van der Waals surface area (Å²) in [4.78, 5) is 10.4. The van der Waals surface area contributed by atoms with Crippen LogP contribution in [-0.2, 0) is 9.53 Å². The molecule has 0 aromatic carbocycles. The molecular weight excluding hydrogens is 128 g/mol. The zero-order chi connectivity index (χ0) is 8.20. The Bertz CT molecular complexity index is 106. The van der Waals surface area contributed by atoms with Crippen LogP contribution in [0.1, 0.15) is 27.7 Å². The fourth-order valence-corrected chi connectivity index (χ4v) is 0.415. The van der Waals surface area contributed by atoms with E-state index >= 15 is 0 Å². The molecule has 0 radical (unpaired) electrons. The Hall–Kier alpha value is -0.370. The maximum absolute atomic E-state index is 10.4. The van der Waals surface area contributed by atoms with Gasteiger partial charge in [0.25, 0.3) is 0 Å². The molecule has 0 aromatic rings. The number of ether oxygens (including phenoxy) is 1. The second kappa shape index (κ2) is 3.71. The highest BCUT2D eigenvalue weighted by Crippen LogP contribution is 2.11. The van der Waals surface area contributed by atoms with Crippen LogP contribution in [0.15, 0.2) is 0 Å². The van der Waals surface area contributed by atoms with Gasteiger partial charge in [-0.3, -0.25) is 0 Å². The molecule has 2 heteroatoms. The third-order valence-electron chi connectivity index (χ3n) is 1.11. The van der Waals surface area contributed by atoms with Crippen LogP contribution >= 0.6 is 0 Å². The molecule has 0 bridgehead atoms. The van der Waals surface area contributed by atoms with Crippen molar-refractivity contribution in [3.8, 4) is 0 Å². The van der Waals surface area contributed by atoms with Crippen molar-refractivity contribution in [1.82, 2.24) is 0 Å². The third-order valence-corrected chi connectivity index (χ3v) is 1.11. The van der Waals surface area contributed by atoms with Crippen LogP contribution < -0.4 is 0 Å². The molecule has 0 N–H and O–H groups in total. The second-order valence-electron chi connectivity index (χ2n) is 3.47. The zero-order valence-electron chi connectivity index (χ0n) is 7.18.